The van der Waals surface area contributed by atoms with Crippen LogP contribution in [0.25, 0.3) is 0 Å². The molecule has 3 aromatic heterocycles. The summed E-state index contributed by atoms with van der Waals surface area (Å²) in [4.78, 5) is 30.1. The number of methoxy groups -OCH3 is 1. The van der Waals surface area contributed by atoms with E-state index in [1.54, 1.807) is 34.8 Å². The number of carbonyl (C=O) groups is 1. The third-order valence-electron chi connectivity index (χ3n) is 5.59. The van der Waals surface area contributed by atoms with Gasteiger partial charge in [-0.1, -0.05) is 10.3 Å². The Labute approximate surface area is 183 Å². The Morgan fingerprint density at radius 3 is 2.84 bits per heavy atom. The van der Waals surface area contributed by atoms with E-state index in [2.05, 4.69) is 32.0 Å². The number of nitrogens with zero attached hydrogens (tertiary/aromatic N) is 5. The Morgan fingerprint density at radius 1 is 1.32 bits per heavy atom. The molecule has 0 aliphatic carbocycles. The highest BCUT2D eigenvalue weighted by molar-refractivity contribution is 7.07. The van der Waals surface area contributed by atoms with Crippen LogP contribution in [0.3, 0.4) is 0 Å². The number of amides is 1. The number of aromatic nitrogens is 3. The van der Waals surface area contributed by atoms with E-state index in [0.717, 1.165) is 19.6 Å². The van der Waals surface area contributed by atoms with Gasteiger partial charge >= 0.3 is 0 Å². The number of thiophene rings is 1. The van der Waals surface area contributed by atoms with Gasteiger partial charge in [0.2, 0.25) is 0 Å². The fourth-order valence-electron chi connectivity index (χ4n) is 3.86. The molecule has 0 N–H and O–H groups in total. The fourth-order valence-corrected chi connectivity index (χ4v) is 4.52. The summed E-state index contributed by atoms with van der Waals surface area (Å²) in [5.41, 5.74) is 3.48. The number of fused-ring (bicyclic) bond motifs is 1. The molecular formula is C21H25N5O4S. The molecule has 10 heteroatoms. The van der Waals surface area contributed by atoms with Gasteiger partial charge in [-0.15, -0.1) is 0 Å². The van der Waals surface area contributed by atoms with E-state index >= 15 is 0 Å². The van der Waals surface area contributed by atoms with E-state index in [1.807, 2.05) is 0 Å². The molecule has 4 rings (SSSR count). The van der Waals surface area contributed by atoms with Gasteiger partial charge < -0.3 is 14.2 Å². The van der Waals surface area contributed by atoms with Crippen molar-refractivity contribution in [2.75, 3.05) is 27.2 Å². The van der Waals surface area contributed by atoms with E-state index < -0.39 is 0 Å². The largest absolute Gasteiger partial charge is 0.496 e. The Morgan fingerprint density at radius 2 is 2.16 bits per heavy atom. The third-order valence-corrected chi connectivity index (χ3v) is 6.32. The Bertz CT molecular complexity index is 1120. The minimum absolute atomic E-state index is 0.153. The number of carbonyl (C=O) groups excluding carboxylic acids is 1. The van der Waals surface area contributed by atoms with Crippen LogP contribution in [-0.2, 0) is 26.1 Å². The van der Waals surface area contributed by atoms with Crippen molar-refractivity contribution in [1.29, 1.82) is 0 Å². The maximum Gasteiger partial charge on any atom is 0.259 e. The van der Waals surface area contributed by atoms with Gasteiger partial charge in [0.1, 0.15) is 22.7 Å². The van der Waals surface area contributed by atoms with Crippen LogP contribution in [0.15, 0.2) is 32.3 Å². The Balaban J connectivity index is 1.63. The number of ether oxygens (including phenoxy) is 1. The summed E-state index contributed by atoms with van der Waals surface area (Å²) in [7, 11) is 3.17. The fraction of sp³-hybridized carbons (Fsp3) is 0.429. The van der Waals surface area contributed by atoms with Gasteiger partial charge in [0.05, 0.1) is 13.7 Å². The molecule has 0 aromatic carbocycles. The minimum Gasteiger partial charge on any atom is -0.496 e. The molecule has 1 aliphatic rings. The Kier molecular flexibility index (Phi) is 6.19. The van der Waals surface area contributed by atoms with E-state index in [-0.39, 0.29) is 18.0 Å². The lowest BCUT2D eigenvalue weighted by molar-refractivity contribution is 0.0776. The molecule has 9 nitrogen and oxygen atoms in total. The second-order valence-corrected chi connectivity index (χ2v) is 8.42. The molecule has 0 atom stereocenters. The molecule has 3 aromatic rings. The SMILES string of the molecule is COc1cc(=O)n2c(c1C(=O)N(C)Cc1nonc1C)CCN(Cc1ccsc1)CC2. The van der Waals surface area contributed by atoms with E-state index in [0.29, 0.717) is 41.4 Å². The lowest BCUT2D eigenvalue weighted by Gasteiger charge is -2.21. The van der Waals surface area contributed by atoms with Crippen LogP contribution in [0.4, 0.5) is 0 Å². The van der Waals surface area contributed by atoms with Gasteiger partial charge in [-0.2, -0.15) is 11.3 Å². The van der Waals surface area contributed by atoms with Crippen molar-refractivity contribution in [3.63, 3.8) is 0 Å². The quantitative estimate of drug-likeness (QED) is 0.575. The minimum atomic E-state index is -0.228. The molecule has 0 saturated heterocycles. The average molecular weight is 444 g/mol. The van der Waals surface area contributed by atoms with E-state index in [1.165, 1.54) is 18.7 Å². The third kappa shape index (κ3) is 4.40. The lowest BCUT2D eigenvalue weighted by Crippen LogP contribution is -2.32. The summed E-state index contributed by atoms with van der Waals surface area (Å²) in [6.07, 6.45) is 0.579. The van der Waals surface area contributed by atoms with Crippen LogP contribution in [0.5, 0.6) is 5.75 Å². The van der Waals surface area contributed by atoms with Crippen molar-refractivity contribution in [2.24, 2.45) is 0 Å². The number of rotatable bonds is 6. The van der Waals surface area contributed by atoms with E-state index in [9.17, 15) is 9.59 Å². The molecule has 0 bridgehead atoms. The zero-order valence-corrected chi connectivity index (χ0v) is 18.6. The van der Waals surface area contributed by atoms with Gasteiger partial charge in [0, 0.05) is 51.4 Å². The second kappa shape index (κ2) is 9.03. The zero-order chi connectivity index (χ0) is 22.0. The van der Waals surface area contributed by atoms with E-state index in [4.69, 9.17) is 9.37 Å². The molecule has 0 spiro atoms. The van der Waals surface area contributed by atoms with Gasteiger partial charge in [0.15, 0.2) is 0 Å². The molecule has 0 unspecified atom stereocenters. The van der Waals surface area contributed by atoms with Crippen LogP contribution in [0, 0.1) is 6.92 Å². The topological polar surface area (TPSA) is 93.7 Å². The number of aryl methyl sites for hydroxylation is 1. The van der Waals surface area contributed by atoms with Crippen molar-refractivity contribution in [1.82, 2.24) is 24.7 Å². The smallest absolute Gasteiger partial charge is 0.259 e. The van der Waals surface area contributed by atoms with Crippen LogP contribution in [-0.4, -0.2) is 57.8 Å². The summed E-state index contributed by atoms with van der Waals surface area (Å²) in [5, 5.41) is 11.8. The number of hydrogen-bond acceptors (Lipinski definition) is 8. The highest BCUT2D eigenvalue weighted by Gasteiger charge is 2.27. The highest BCUT2D eigenvalue weighted by atomic mass is 32.1. The maximum absolute atomic E-state index is 13.4. The Hall–Kier alpha value is -2.98. The van der Waals surface area contributed by atoms with Crippen molar-refractivity contribution >= 4 is 17.2 Å². The van der Waals surface area contributed by atoms with Crippen molar-refractivity contribution in [3.8, 4) is 5.75 Å². The number of pyridine rings is 1. The van der Waals surface area contributed by atoms with Crippen LogP contribution >= 0.6 is 11.3 Å². The second-order valence-electron chi connectivity index (χ2n) is 7.64. The normalized spacial score (nSPS) is 14.2. The first kappa shape index (κ1) is 21.3. The van der Waals surface area contributed by atoms with Crippen LogP contribution in [0.1, 0.15) is 33.0 Å². The predicted molar refractivity (Wildman–Crippen MR) is 115 cm³/mol. The summed E-state index contributed by atoms with van der Waals surface area (Å²) in [6.45, 7) is 4.87. The molecule has 1 aliphatic heterocycles. The summed E-state index contributed by atoms with van der Waals surface area (Å²) < 4.78 is 11.9. The molecule has 31 heavy (non-hydrogen) atoms. The zero-order valence-electron chi connectivity index (χ0n) is 17.8. The predicted octanol–water partition coefficient (Wildman–Crippen LogP) is 1.94. The lowest BCUT2D eigenvalue weighted by atomic mass is 10.1. The monoisotopic (exact) mass is 443 g/mol. The maximum atomic E-state index is 13.4. The van der Waals surface area contributed by atoms with Gasteiger partial charge in [-0.05, 0) is 29.3 Å². The molecule has 0 saturated carbocycles. The average Bonchev–Trinajstić information content (AvgIpc) is 3.36. The van der Waals surface area contributed by atoms with Gasteiger partial charge in [0.25, 0.3) is 11.5 Å². The van der Waals surface area contributed by atoms with Crippen molar-refractivity contribution in [2.45, 2.75) is 33.0 Å². The van der Waals surface area contributed by atoms with Gasteiger partial charge in [-0.3, -0.25) is 14.5 Å². The molecule has 164 valence electrons. The van der Waals surface area contributed by atoms with Crippen molar-refractivity contribution < 1.29 is 14.2 Å². The summed E-state index contributed by atoms with van der Waals surface area (Å²) >= 11 is 1.68. The summed E-state index contributed by atoms with van der Waals surface area (Å²) in [6, 6.07) is 3.52. The summed E-state index contributed by atoms with van der Waals surface area (Å²) in [5.74, 6) is 0.0728. The van der Waals surface area contributed by atoms with Gasteiger partial charge in [-0.25, -0.2) is 4.63 Å². The molecular weight excluding hydrogens is 418 g/mol. The first-order valence-corrected chi connectivity index (χ1v) is 11.0. The molecule has 0 radical (unpaired) electrons. The molecule has 0 fully saturated rings. The highest BCUT2D eigenvalue weighted by Crippen LogP contribution is 2.25. The van der Waals surface area contributed by atoms with Crippen LogP contribution in [0.2, 0.25) is 0 Å². The first-order valence-electron chi connectivity index (χ1n) is 10.1. The number of hydrogen-bond donors (Lipinski definition) is 0. The molecule has 4 heterocycles. The molecule has 1 amide bonds. The van der Waals surface area contributed by atoms with Crippen LogP contribution < -0.4 is 10.3 Å². The van der Waals surface area contributed by atoms with Crippen molar-refractivity contribution in [3.05, 3.63) is 61.5 Å². The first-order chi connectivity index (χ1) is 15.0. The standard InChI is InChI=1S/C21H25N5O4S/c1-14-16(23-30-22-14)12-24(2)21(28)20-17-4-6-25(11-15-5-9-31-13-15)7-8-26(17)19(27)10-18(20)29-3/h5,9-10,13H,4,6-8,11-12H2,1-3H3.